The van der Waals surface area contributed by atoms with Crippen LogP contribution in [0.4, 0.5) is 4.79 Å². The number of amides is 1. The van der Waals surface area contributed by atoms with Crippen molar-refractivity contribution in [2.75, 3.05) is 6.54 Å². The minimum Gasteiger partial charge on any atom is -0.444 e. The third-order valence-electron chi connectivity index (χ3n) is 2.46. The number of carbonyl (C=O) groups is 1. The molecule has 112 valence electrons. The fourth-order valence-corrected chi connectivity index (χ4v) is 1.86. The highest BCUT2D eigenvalue weighted by molar-refractivity contribution is 9.10. The topological polar surface area (TPSA) is 50.4 Å². The number of alkyl carbamates (subject to hydrolysis) is 1. The number of hydrogen-bond donors (Lipinski definition) is 2. The fourth-order valence-electron chi connectivity index (χ4n) is 1.60. The van der Waals surface area contributed by atoms with E-state index in [1.54, 1.807) is 0 Å². The summed E-state index contributed by atoms with van der Waals surface area (Å²) < 4.78 is 6.27. The minimum absolute atomic E-state index is 0.0142. The molecule has 1 rings (SSSR count). The summed E-state index contributed by atoms with van der Waals surface area (Å²) in [5.41, 5.74) is 0.743. The summed E-state index contributed by atoms with van der Waals surface area (Å²) in [6, 6.07) is 8.16. The van der Waals surface area contributed by atoms with Gasteiger partial charge in [-0.25, -0.2) is 4.79 Å². The van der Waals surface area contributed by atoms with Crippen molar-refractivity contribution in [1.29, 1.82) is 0 Å². The molecule has 1 aromatic rings. The van der Waals surface area contributed by atoms with Crippen molar-refractivity contribution in [2.45, 2.75) is 45.9 Å². The van der Waals surface area contributed by atoms with Crippen LogP contribution in [-0.2, 0) is 11.3 Å². The highest BCUT2D eigenvalue weighted by Crippen LogP contribution is 2.10. The highest BCUT2D eigenvalue weighted by atomic mass is 79.9. The van der Waals surface area contributed by atoms with Gasteiger partial charge in [0, 0.05) is 23.6 Å². The lowest BCUT2D eigenvalue weighted by Gasteiger charge is -2.22. The summed E-state index contributed by atoms with van der Waals surface area (Å²) in [5, 5.41) is 6.10. The molecule has 1 unspecified atom stereocenters. The smallest absolute Gasteiger partial charge is 0.407 e. The predicted octanol–water partition coefficient (Wildman–Crippen LogP) is 3.45. The van der Waals surface area contributed by atoms with Crippen molar-refractivity contribution < 1.29 is 9.53 Å². The summed E-state index contributed by atoms with van der Waals surface area (Å²) >= 11 is 3.41. The van der Waals surface area contributed by atoms with E-state index < -0.39 is 5.60 Å². The first-order valence-corrected chi connectivity index (χ1v) is 7.50. The number of carbonyl (C=O) groups excluding carboxylic acids is 1. The van der Waals surface area contributed by atoms with Crippen LogP contribution in [0.2, 0.25) is 0 Å². The van der Waals surface area contributed by atoms with E-state index in [-0.39, 0.29) is 12.1 Å². The van der Waals surface area contributed by atoms with Crippen molar-refractivity contribution in [1.82, 2.24) is 10.6 Å². The molecule has 1 atom stereocenters. The molecule has 0 heterocycles. The number of rotatable bonds is 5. The molecular formula is C15H23BrN2O2. The Kier molecular flexibility index (Phi) is 6.49. The monoisotopic (exact) mass is 342 g/mol. The number of hydrogen-bond acceptors (Lipinski definition) is 3. The molecule has 0 fully saturated rings. The fraction of sp³-hybridized carbons (Fsp3) is 0.533. The van der Waals surface area contributed by atoms with Gasteiger partial charge in [0.1, 0.15) is 5.60 Å². The van der Waals surface area contributed by atoms with Crippen molar-refractivity contribution in [3.05, 3.63) is 34.3 Å². The highest BCUT2D eigenvalue weighted by Gasteiger charge is 2.17. The lowest BCUT2D eigenvalue weighted by Crippen LogP contribution is -2.42. The van der Waals surface area contributed by atoms with Crippen LogP contribution in [0, 0.1) is 0 Å². The first-order chi connectivity index (χ1) is 9.26. The molecule has 1 amide bonds. The predicted molar refractivity (Wildman–Crippen MR) is 84.7 cm³/mol. The molecule has 0 aliphatic carbocycles. The SMILES string of the molecule is CC(CNCc1ccc(Br)cc1)NC(=O)OC(C)(C)C. The first kappa shape index (κ1) is 17.0. The Bertz CT molecular complexity index is 426. The number of nitrogens with one attached hydrogen (secondary N) is 2. The molecule has 20 heavy (non-hydrogen) atoms. The van der Waals surface area contributed by atoms with Crippen molar-refractivity contribution in [3.63, 3.8) is 0 Å². The molecular weight excluding hydrogens is 320 g/mol. The van der Waals surface area contributed by atoms with Gasteiger partial charge in [-0.05, 0) is 45.4 Å². The second kappa shape index (κ2) is 7.64. The van der Waals surface area contributed by atoms with E-state index in [0.29, 0.717) is 6.54 Å². The maximum absolute atomic E-state index is 11.6. The second-order valence-corrected chi connectivity index (χ2v) is 6.72. The van der Waals surface area contributed by atoms with Crippen molar-refractivity contribution >= 4 is 22.0 Å². The van der Waals surface area contributed by atoms with Crippen LogP contribution in [0.3, 0.4) is 0 Å². The van der Waals surface area contributed by atoms with Crippen LogP contribution < -0.4 is 10.6 Å². The molecule has 0 radical (unpaired) electrons. The molecule has 0 saturated heterocycles. The van der Waals surface area contributed by atoms with E-state index in [1.165, 1.54) is 5.56 Å². The van der Waals surface area contributed by atoms with E-state index in [1.807, 2.05) is 39.8 Å². The largest absolute Gasteiger partial charge is 0.444 e. The van der Waals surface area contributed by atoms with Gasteiger partial charge in [0.2, 0.25) is 0 Å². The summed E-state index contributed by atoms with van der Waals surface area (Å²) in [5.74, 6) is 0. The normalized spacial score (nSPS) is 12.8. The summed E-state index contributed by atoms with van der Waals surface area (Å²) in [6.07, 6.45) is -0.379. The molecule has 0 spiro atoms. The van der Waals surface area contributed by atoms with Gasteiger partial charge in [-0.2, -0.15) is 0 Å². The van der Waals surface area contributed by atoms with Crippen molar-refractivity contribution in [2.24, 2.45) is 0 Å². The Labute approximate surface area is 129 Å². The zero-order valence-electron chi connectivity index (χ0n) is 12.5. The molecule has 0 aromatic heterocycles. The summed E-state index contributed by atoms with van der Waals surface area (Å²) in [4.78, 5) is 11.6. The lowest BCUT2D eigenvalue weighted by molar-refractivity contribution is 0.0508. The Morgan fingerprint density at radius 2 is 1.90 bits per heavy atom. The lowest BCUT2D eigenvalue weighted by atomic mass is 10.2. The van der Waals surface area contributed by atoms with Gasteiger partial charge in [0.15, 0.2) is 0 Å². The molecule has 2 N–H and O–H groups in total. The standard InChI is InChI=1S/C15H23BrN2O2/c1-11(18-14(19)20-15(2,3)4)9-17-10-12-5-7-13(16)8-6-12/h5-8,11,17H,9-10H2,1-4H3,(H,18,19). The molecule has 0 aliphatic rings. The maximum Gasteiger partial charge on any atom is 0.407 e. The number of halogens is 1. The van der Waals surface area contributed by atoms with Gasteiger partial charge in [0.25, 0.3) is 0 Å². The van der Waals surface area contributed by atoms with E-state index in [2.05, 4.69) is 38.7 Å². The Morgan fingerprint density at radius 3 is 2.45 bits per heavy atom. The van der Waals surface area contributed by atoms with Gasteiger partial charge in [-0.1, -0.05) is 28.1 Å². The van der Waals surface area contributed by atoms with Crippen molar-refractivity contribution in [3.8, 4) is 0 Å². The van der Waals surface area contributed by atoms with Crippen LogP contribution in [0.5, 0.6) is 0 Å². The third kappa shape index (κ3) is 7.50. The zero-order valence-corrected chi connectivity index (χ0v) is 14.1. The molecule has 1 aromatic carbocycles. The molecule has 0 bridgehead atoms. The Hall–Kier alpha value is -1.07. The van der Waals surface area contributed by atoms with E-state index in [0.717, 1.165) is 11.0 Å². The van der Waals surface area contributed by atoms with Gasteiger partial charge in [-0.15, -0.1) is 0 Å². The van der Waals surface area contributed by atoms with E-state index in [9.17, 15) is 4.79 Å². The van der Waals surface area contributed by atoms with Crippen LogP contribution >= 0.6 is 15.9 Å². The van der Waals surface area contributed by atoms with Gasteiger partial charge >= 0.3 is 6.09 Å². The van der Waals surface area contributed by atoms with Crippen LogP contribution in [0.1, 0.15) is 33.3 Å². The molecule has 4 nitrogen and oxygen atoms in total. The minimum atomic E-state index is -0.464. The Balaban J connectivity index is 2.24. The summed E-state index contributed by atoms with van der Waals surface area (Å²) in [7, 11) is 0. The molecule has 0 aliphatic heterocycles. The molecule has 0 saturated carbocycles. The third-order valence-corrected chi connectivity index (χ3v) is 2.98. The van der Waals surface area contributed by atoms with Crippen LogP contribution in [0.25, 0.3) is 0 Å². The van der Waals surface area contributed by atoms with Gasteiger partial charge in [-0.3, -0.25) is 0 Å². The molecule has 5 heteroatoms. The van der Waals surface area contributed by atoms with E-state index in [4.69, 9.17) is 4.74 Å². The average Bonchev–Trinajstić information content (AvgIpc) is 2.29. The second-order valence-electron chi connectivity index (χ2n) is 5.80. The van der Waals surface area contributed by atoms with E-state index >= 15 is 0 Å². The van der Waals surface area contributed by atoms with Crippen LogP contribution in [0.15, 0.2) is 28.7 Å². The first-order valence-electron chi connectivity index (χ1n) is 6.71. The number of ether oxygens (including phenoxy) is 1. The quantitative estimate of drug-likeness (QED) is 0.861. The maximum atomic E-state index is 11.6. The Morgan fingerprint density at radius 1 is 1.30 bits per heavy atom. The zero-order chi connectivity index (χ0) is 15.2. The van der Waals surface area contributed by atoms with Crippen LogP contribution in [-0.4, -0.2) is 24.3 Å². The van der Waals surface area contributed by atoms with Gasteiger partial charge in [0.05, 0.1) is 0 Å². The van der Waals surface area contributed by atoms with Gasteiger partial charge < -0.3 is 15.4 Å². The average molecular weight is 343 g/mol. The number of benzene rings is 1. The summed E-state index contributed by atoms with van der Waals surface area (Å²) in [6.45, 7) is 8.95.